The molecule has 11 nitrogen and oxygen atoms in total. The molecule has 0 saturated carbocycles. The third-order valence-electron chi connectivity index (χ3n) is 8.45. The summed E-state index contributed by atoms with van der Waals surface area (Å²) in [5, 5.41) is 6.05. The van der Waals surface area contributed by atoms with E-state index in [0.717, 1.165) is 66.9 Å². The quantitative estimate of drug-likeness (QED) is 0.260. The van der Waals surface area contributed by atoms with Gasteiger partial charge in [-0.2, -0.15) is 4.98 Å². The molecule has 4 aromatic heterocycles. The Labute approximate surface area is 259 Å². The molecule has 1 N–H and O–H groups in total. The van der Waals surface area contributed by atoms with Crippen molar-refractivity contribution in [1.29, 1.82) is 0 Å². The highest BCUT2D eigenvalue weighted by Crippen LogP contribution is 2.27. The number of pyridine rings is 1. The maximum Gasteiger partial charge on any atom is 0.263 e. The monoisotopic (exact) mass is 612 g/mol. The van der Waals surface area contributed by atoms with Gasteiger partial charge in [0.15, 0.2) is 0 Å². The maximum absolute atomic E-state index is 14.2. The molecule has 228 valence electrons. The standard InChI is InChI=1S/C32H36N8O3S/c1-38-11-3-4-26(18-38)43-25-7-5-24(6-8-25)35-32-33-15-22-14-27(30-36-28(19-39(30)2)23-16-34-44-20-23)31(41)40(29(22)37-32)17-21-9-12-42-13-10-21/h5-8,14-16,19-21,26H,3-4,9-13,17-18H2,1-2H3,(H,33,35,37). The minimum absolute atomic E-state index is 0.118. The molecule has 1 aromatic carbocycles. The van der Waals surface area contributed by atoms with Crippen molar-refractivity contribution >= 4 is 34.2 Å². The van der Waals surface area contributed by atoms with E-state index in [4.69, 9.17) is 19.4 Å². The lowest BCUT2D eigenvalue weighted by Crippen LogP contribution is -2.38. The first-order valence-electron chi connectivity index (χ1n) is 15.1. The highest BCUT2D eigenvalue weighted by Gasteiger charge is 2.22. The number of hydrogen-bond acceptors (Lipinski definition) is 10. The maximum atomic E-state index is 14.2. The molecule has 6 heterocycles. The van der Waals surface area contributed by atoms with E-state index in [0.29, 0.717) is 48.7 Å². The van der Waals surface area contributed by atoms with Crippen LogP contribution in [0.2, 0.25) is 0 Å². The van der Waals surface area contributed by atoms with Crippen molar-refractivity contribution in [2.24, 2.45) is 13.0 Å². The van der Waals surface area contributed by atoms with Gasteiger partial charge in [0.05, 0.1) is 17.5 Å². The normalized spacial score (nSPS) is 18.1. The molecule has 0 spiro atoms. The van der Waals surface area contributed by atoms with Crippen LogP contribution in [0.4, 0.5) is 11.6 Å². The largest absolute Gasteiger partial charge is 0.489 e. The molecule has 0 bridgehead atoms. The van der Waals surface area contributed by atoms with E-state index in [9.17, 15) is 4.79 Å². The molecule has 0 amide bonds. The summed E-state index contributed by atoms with van der Waals surface area (Å²) in [6, 6.07) is 9.73. The van der Waals surface area contributed by atoms with E-state index in [1.54, 1.807) is 17.0 Å². The first kappa shape index (κ1) is 28.6. The number of imidazole rings is 1. The Morgan fingerprint density at radius 3 is 2.70 bits per heavy atom. The number of benzene rings is 1. The van der Waals surface area contributed by atoms with Crippen molar-refractivity contribution in [2.75, 3.05) is 38.7 Å². The number of likely N-dealkylation sites (tertiary alicyclic amines) is 1. The van der Waals surface area contributed by atoms with Crippen LogP contribution in [0.1, 0.15) is 25.7 Å². The molecule has 2 fully saturated rings. The van der Waals surface area contributed by atoms with Crippen molar-refractivity contribution in [3.8, 4) is 28.4 Å². The minimum atomic E-state index is -0.118. The van der Waals surface area contributed by atoms with Gasteiger partial charge in [0.25, 0.3) is 5.56 Å². The summed E-state index contributed by atoms with van der Waals surface area (Å²) in [5.41, 5.74) is 3.56. The van der Waals surface area contributed by atoms with E-state index in [2.05, 4.69) is 26.6 Å². The Kier molecular flexibility index (Phi) is 8.11. The number of hydrogen-bond donors (Lipinski definition) is 1. The Morgan fingerprint density at radius 1 is 1.09 bits per heavy atom. The SMILES string of the molecule is CN1CCCC(Oc2ccc(Nc3ncc4cc(-c5nc(-c6cnsc6)cn5C)c(=O)n(CC5CCOCC5)c4n3)cc2)C1. The highest BCUT2D eigenvalue weighted by molar-refractivity contribution is 7.03. The average molecular weight is 613 g/mol. The average Bonchev–Trinajstić information content (AvgIpc) is 3.70. The Hall–Kier alpha value is -4.13. The highest BCUT2D eigenvalue weighted by atomic mass is 32.1. The van der Waals surface area contributed by atoms with E-state index >= 15 is 0 Å². The Bertz CT molecular complexity index is 1800. The number of fused-ring (bicyclic) bond motifs is 1. The van der Waals surface area contributed by atoms with Gasteiger partial charge in [-0.3, -0.25) is 9.36 Å². The second kappa shape index (κ2) is 12.5. The lowest BCUT2D eigenvalue weighted by Gasteiger charge is -2.30. The van der Waals surface area contributed by atoms with Gasteiger partial charge in [-0.05, 0) is 87.1 Å². The van der Waals surface area contributed by atoms with Gasteiger partial charge >= 0.3 is 0 Å². The van der Waals surface area contributed by atoms with Crippen molar-refractivity contribution in [3.63, 3.8) is 0 Å². The van der Waals surface area contributed by atoms with Gasteiger partial charge in [0.1, 0.15) is 23.3 Å². The summed E-state index contributed by atoms with van der Waals surface area (Å²) >= 11 is 1.38. The van der Waals surface area contributed by atoms with Crippen LogP contribution in [0.3, 0.4) is 0 Å². The number of piperidine rings is 1. The zero-order valence-corrected chi connectivity index (χ0v) is 25.8. The van der Waals surface area contributed by atoms with Crippen LogP contribution < -0.4 is 15.6 Å². The van der Waals surface area contributed by atoms with E-state index < -0.39 is 0 Å². The number of likely N-dealkylation sites (N-methyl/N-ethyl adjacent to an activating group) is 1. The summed E-state index contributed by atoms with van der Waals surface area (Å²) < 4.78 is 19.7. The minimum Gasteiger partial charge on any atom is -0.489 e. The van der Waals surface area contributed by atoms with Gasteiger partial charge in [-0.25, -0.2) is 14.3 Å². The first-order chi connectivity index (χ1) is 21.5. The lowest BCUT2D eigenvalue weighted by molar-refractivity contribution is 0.0613. The van der Waals surface area contributed by atoms with Crippen molar-refractivity contribution in [2.45, 2.75) is 38.3 Å². The first-order valence-corrected chi connectivity index (χ1v) is 16.0. The molecule has 0 radical (unpaired) electrons. The van der Waals surface area contributed by atoms with Gasteiger partial charge in [-0.1, -0.05) is 0 Å². The lowest BCUT2D eigenvalue weighted by atomic mass is 10.00. The van der Waals surface area contributed by atoms with E-state index in [-0.39, 0.29) is 11.7 Å². The molecule has 5 aromatic rings. The zero-order valence-electron chi connectivity index (χ0n) is 25.0. The summed E-state index contributed by atoms with van der Waals surface area (Å²) in [7, 11) is 4.04. The molecule has 7 rings (SSSR count). The number of aryl methyl sites for hydroxylation is 1. The predicted octanol–water partition coefficient (Wildman–Crippen LogP) is 4.96. The fourth-order valence-corrected chi connectivity index (χ4v) is 6.61. The third-order valence-corrected chi connectivity index (χ3v) is 9.03. The van der Waals surface area contributed by atoms with Crippen molar-refractivity contribution < 1.29 is 9.47 Å². The number of ether oxygens (including phenoxy) is 2. The molecular weight excluding hydrogens is 576 g/mol. The number of aromatic nitrogens is 6. The molecule has 2 aliphatic heterocycles. The van der Waals surface area contributed by atoms with Crippen LogP contribution in [-0.2, 0) is 18.3 Å². The van der Waals surface area contributed by atoms with Gasteiger partial charge in [-0.15, -0.1) is 0 Å². The van der Waals surface area contributed by atoms with E-state index in [1.165, 1.54) is 11.5 Å². The smallest absolute Gasteiger partial charge is 0.263 e. The molecule has 1 atom stereocenters. The summed E-state index contributed by atoms with van der Waals surface area (Å²) in [6.07, 6.45) is 9.72. The number of nitrogens with zero attached hydrogens (tertiary/aromatic N) is 7. The molecule has 0 aliphatic carbocycles. The predicted molar refractivity (Wildman–Crippen MR) is 172 cm³/mol. The summed E-state index contributed by atoms with van der Waals surface area (Å²) in [6.45, 7) is 4.02. The number of nitrogens with one attached hydrogen (secondary N) is 1. The molecule has 2 saturated heterocycles. The fourth-order valence-electron chi connectivity index (χ4n) is 6.08. The molecular formula is C32H36N8O3S. The number of anilines is 2. The van der Waals surface area contributed by atoms with Crippen LogP contribution in [0.5, 0.6) is 5.75 Å². The third kappa shape index (κ3) is 6.10. The van der Waals surface area contributed by atoms with Crippen molar-refractivity contribution in [3.05, 3.63) is 64.7 Å². The van der Waals surface area contributed by atoms with Crippen LogP contribution in [0.25, 0.3) is 33.7 Å². The van der Waals surface area contributed by atoms with Crippen LogP contribution in [0, 0.1) is 5.92 Å². The summed E-state index contributed by atoms with van der Waals surface area (Å²) in [5.74, 6) is 2.19. The van der Waals surface area contributed by atoms with Crippen LogP contribution in [0.15, 0.2) is 59.1 Å². The molecule has 12 heteroatoms. The van der Waals surface area contributed by atoms with Crippen molar-refractivity contribution in [1.82, 2.24) is 33.4 Å². The zero-order chi connectivity index (χ0) is 30.0. The van der Waals surface area contributed by atoms with Crippen LogP contribution in [-0.4, -0.2) is 72.8 Å². The van der Waals surface area contributed by atoms with Crippen LogP contribution >= 0.6 is 11.5 Å². The van der Waals surface area contributed by atoms with Gasteiger partial charge in [0.2, 0.25) is 5.95 Å². The summed E-state index contributed by atoms with van der Waals surface area (Å²) in [4.78, 5) is 30.8. The Balaban J connectivity index is 1.20. The topological polar surface area (TPSA) is 112 Å². The molecule has 1 unspecified atom stereocenters. The van der Waals surface area contributed by atoms with Gasteiger partial charge < -0.3 is 24.3 Å². The second-order valence-corrected chi connectivity index (χ2v) is 12.4. The Morgan fingerprint density at radius 2 is 1.93 bits per heavy atom. The fraction of sp³-hybridized carbons (Fsp3) is 0.406. The second-order valence-electron chi connectivity index (χ2n) is 11.8. The molecule has 2 aliphatic rings. The van der Waals surface area contributed by atoms with Gasteiger partial charge in [0, 0.05) is 67.8 Å². The number of rotatable bonds is 8. The van der Waals surface area contributed by atoms with E-state index in [1.807, 2.05) is 53.5 Å². The molecule has 44 heavy (non-hydrogen) atoms.